The van der Waals surface area contributed by atoms with Crippen molar-refractivity contribution in [3.8, 4) is 0 Å². The average Bonchev–Trinajstić information content (AvgIpc) is 2.25. The quantitative estimate of drug-likeness (QED) is 0.639. The van der Waals surface area contributed by atoms with Gasteiger partial charge in [0, 0.05) is 5.02 Å². The molecule has 0 aliphatic rings. The van der Waals surface area contributed by atoms with Crippen molar-refractivity contribution in [3.05, 3.63) is 34.3 Å². The fraction of sp³-hybridized carbons (Fsp3) is 0.571. The molecular weight excluding hydrogens is 239 g/mol. The molecule has 0 bridgehead atoms. The van der Waals surface area contributed by atoms with Crippen molar-refractivity contribution in [2.24, 2.45) is 0 Å². The minimum atomic E-state index is 0. The van der Waals surface area contributed by atoms with Crippen molar-refractivity contribution in [3.63, 3.8) is 0 Å². The molecule has 0 nitrogen and oxygen atoms in total. The number of rotatable bonds is 6. The van der Waals surface area contributed by atoms with Crippen LogP contribution in [0.5, 0.6) is 0 Å². The molecule has 92 valence electrons. The Morgan fingerprint density at radius 3 is 2.25 bits per heavy atom. The molecule has 0 aliphatic carbocycles. The predicted octanol–water partition coefficient (Wildman–Crippen LogP) is 5.45. The van der Waals surface area contributed by atoms with E-state index in [9.17, 15) is 0 Å². The molecule has 0 unspecified atom stereocenters. The van der Waals surface area contributed by atoms with Crippen LogP contribution >= 0.6 is 24.0 Å². The highest BCUT2D eigenvalue weighted by molar-refractivity contribution is 6.31. The minimum Gasteiger partial charge on any atom is -0.147 e. The Bertz CT molecular complexity index is 295. The third kappa shape index (κ3) is 4.76. The van der Waals surface area contributed by atoms with Gasteiger partial charge in [-0.1, -0.05) is 50.4 Å². The van der Waals surface area contributed by atoms with Crippen molar-refractivity contribution < 1.29 is 0 Å². The van der Waals surface area contributed by atoms with Crippen LogP contribution in [-0.4, -0.2) is 0 Å². The summed E-state index contributed by atoms with van der Waals surface area (Å²) in [5.41, 5.74) is 2.84. The lowest BCUT2D eigenvalue weighted by Gasteiger charge is -2.10. The molecular formula is C14H22Cl2. The number of benzene rings is 1. The van der Waals surface area contributed by atoms with Gasteiger partial charge in [0.15, 0.2) is 0 Å². The summed E-state index contributed by atoms with van der Waals surface area (Å²) in [6.07, 6.45) is 7.30. The molecule has 1 aromatic carbocycles. The Morgan fingerprint density at radius 2 is 1.62 bits per heavy atom. The number of unbranched alkanes of at least 4 members (excludes halogenated alkanes) is 2. The lowest BCUT2D eigenvalue weighted by molar-refractivity contribution is 0.758. The first kappa shape index (κ1) is 15.8. The van der Waals surface area contributed by atoms with Crippen molar-refractivity contribution in [2.45, 2.75) is 52.4 Å². The molecule has 0 spiro atoms. The SMILES string of the molecule is CCCCc1cccc(Cl)c1CCCC.Cl. The van der Waals surface area contributed by atoms with E-state index in [4.69, 9.17) is 11.6 Å². The molecule has 0 atom stereocenters. The molecule has 16 heavy (non-hydrogen) atoms. The summed E-state index contributed by atoms with van der Waals surface area (Å²) in [6, 6.07) is 6.32. The van der Waals surface area contributed by atoms with Gasteiger partial charge >= 0.3 is 0 Å². The summed E-state index contributed by atoms with van der Waals surface area (Å²) in [5, 5.41) is 0.956. The molecule has 0 heterocycles. The van der Waals surface area contributed by atoms with Gasteiger partial charge in [-0.05, 0) is 42.9 Å². The Morgan fingerprint density at radius 1 is 1.00 bits per heavy atom. The van der Waals surface area contributed by atoms with E-state index in [0.717, 1.165) is 11.4 Å². The smallest absolute Gasteiger partial charge is 0.0440 e. The van der Waals surface area contributed by atoms with Gasteiger partial charge in [-0.25, -0.2) is 0 Å². The summed E-state index contributed by atoms with van der Waals surface area (Å²) in [5.74, 6) is 0. The summed E-state index contributed by atoms with van der Waals surface area (Å²) in [6.45, 7) is 4.46. The summed E-state index contributed by atoms with van der Waals surface area (Å²) < 4.78 is 0. The molecule has 0 aromatic heterocycles. The normalized spacial score (nSPS) is 9.94. The highest BCUT2D eigenvalue weighted by Gasteiger charge is 2.05. The third-order valence-corrected chi connectivity index (χ3v) is 3.15. The van der Waals surface area contributed by atoms with E-state index in [-0.39, 0.29) is 12.4 Å². The largest absolute Gasteiger partial charge is 0.147 e. The standard InChI is InChI=1S/C14H21Cl.ClH/c1-3-5-8-12-9-7-11-14(15)13(12)10-6-4-2;/h7,9,11H,3-6,8,10H2,1-2H3;1H. The Kier molecular flexibility index (Phi) is 8.78. The van der Waals surface area contributed by atoms with E-state index < -0.39 is 0 Å². The molecule has 0 saturated heterocycles. The van der Waals surface area contributed by atoms with Crippen molar-refractivity contribution in [2.75, 3.05) is 0 Å². The zero-order valence-corrected chi connectivity index (χ0v) is 11.8. The number of hydrogen-bond donors (Lipinski definition) is 0. The predicted molar refractivity (Wildman–Crippen MR) is 75.9 cm³/mol. The van der Waals surface area contributed by atoms with Crippen LogP contribution in [0.3, 0.4) is 0 Å². The first-order valence-corrected chi connectivity index (χ1v) is 6.43. The van der Waals surface area contributed by atoms with Crippen molar-refractivity contribution in [1.82, 2.24) is 0 Å². The van der Waals surface area contributed by atoms with Gasteiger partial charge in [0.1, 0.15) is 0 Å². The van der Waals surface area contributed by atoms with Crippen molar-refractivity contribution >= 4 is 24.0 Å². The number of halogens is 2. The van der Waals surface area contributed by atoms with Crippen LogP contribution in [0.1, 0.15) is 50.7 Å². The lowest BCUT2D eigenvalue weighted by Crippen LogP contribution is -1.95. The van der Waals surface area contributed by atoms with Crippen LogP contribution in [0.25, 0.3) is 0 Å². The summed E-state index contributed by atoms with van der Waals surface area (Å²) >= 11 is 6.24. The maximum Gasteiger partial charge on any atom is 0.0440 e. The third-order valence-electron chi connectivity index (χ3n) is 2.80. The zero-order chi connectivity index (χ0) is 11.1. The van der Waals surface area contributed by atoms with E-state index in [2.05, 4.69) is 26.0 Å². The van der Waals surface area contributed by atoms with Crippen LogP contribution in [0.4, 0.5) is 0 Å². The van der Waals surface area contributed by atoms with E-state index in [1.54, 1.807) is 0 Å². The highest BCUT2D eigenvalue weighted by Crippen LogP contribution is 2.23. The number of aryl methyl sites for hydroxylation is 1. The fourth-order valence-corrected chi connectivity index (χ4v) is 2.13. The maximum absolute atomic E-state index is 6.24. The molecule has 0 amide bonds. The van der Waals surface area contributed by atoms with E-state index in [1.807, 2.05) is 6.07 Å². The minimum absolute atomic E-state index is 0. The molecule has 1 rings (SSSR count). The Labute approximate surface area is 111 Å². The van der Waals surface area contributed by atoms with Crippen LogP contribution < -0.4 is 0 Å². The molecule has 0 aliphatic heterocycles. The van der Waals surface area contributed by atoms with Gasteiger partial charge in [0.2, 0.25) is 0 Å². The molecule has 0 radical (unpaired) electrons. The molecule has 0 saturated carbocycles. The Balaban J connectivity index is 0.00000225. The topological polar surface area (TPSA) is 0 Å². The van der Waals surface area contributed by atoms with Crippen LogP contribution in [0.2, 0.25) is 5.02 Å². The highest BCUT2D eigenvalue weighted by atomic mass is 35.5. The van der Waals surface area contributed by atoms with E-state index >= 15 is 0 Å². The van der Waals surface area contributed by atoms with Gasteiger partial charge < -0.3 is 0 Å². The number of hydrogen-bond acceptors (Lipinski definition) is 0. The lowest BCUT2D eigenvalue weighted by atomic mass is 9.98. The van der Waals surface area contributed by atoms with Crippen molar-refractivity contribution in [1.29, 1.82) is 0 Å². The van der Waals surface area contributed by atoms with Crippen LogP contribution in [0.15, 0.2) is 18.2 Å². The average molecular weight is 261 g/mol. The van der Waals surface area contributed by atoms with Gasteiger partial charge in [0.05, 0.1) is 0 Å². The fourth-order valence-electron chi connectivity index (χ4n) is 1.84. The first-order valence-electron chi connectivity index (χ1n) is 6.05. The Hall–Kier alpha value is -0.200. The summed E-state index contributed by atoms with van der Waals surface area (Å²) in [7, 11) is 0. The molecule has 0 N–H and O–H groups in total. The molecule has 1 aromatic rings. The molecule has 0 fully saturated rings. The van der Waals surface area contributed by atoms with Gasteiger partial charge in [-0.3, -0.25) is 0 Å². The second kappa shape index (κ2) is 8.90. The van der Waals surface area contributed by atoms with Gasteiger partial charge in [-0.15, -0.1) is 12.4 Å². The zero-order valence-electron chi connectivity index (χ0n) is 10.3. The summed E-state index contributed by atoms with van der Waals surface area (Å²) in [4.78, 5) is 0. The second-order valence-corrected chi connectivity index (χ2v) is 4.49. The second-order valence-electron chi connectivity index (χ2n) is 4.08. The van der Waals surface area contributed by atoms with Crippen LogP contribution in [0, 0.1) is 0 Å². The monoisotopic (exact) mass is 260 g/mol. The first-order chi connectivity index (χ1) is 7.29. The van der Waals surface area contributed by atoms with Gasteiger partial charge in [-0.2, -0.15) is 0 Å². The molecule has 2 heteroatoms. The van der Waals surface area contributed by atoms with Crippen LogP contribution in [-0.2, 0) is 12.8 Å². The van der Waals surface area contributed by atoms with E-state index in [1.165, 1.54) is 43.2 Å². The van der Waals surface area contributed by atoms with Gasteiger partial charge in [0.25, 0.3) is 0 Å². The van der Waals surface area contributed by atoms with E-state index in [0.29, 0.717) is 0 Å². The maximum atomic E-state index is 6.24.